The molecule has 2 bridgehead atoms. The predicted octanol–water partition coefficient (Wildman–Crippen LogP) is 3.59. The van der Waals surface area contributed by atoms with E-state index >= 15 is 0 Å². The topological polar surface area (TPSA) is 80.3 Å². The molecular formula is C23H34O7S. The molecule has 7 nitrogen and oxygen atoms in total. The Bertz CT molecular complexity index is 819. The Morgan fingerprint density at radius 2 is 1.87 bits per heavy atom. The first-order valence-electron chi connectivity index (χ1n) is 11.3. The molecule has 174 valence electrons. The van der Waals surface area contributed by atoms with Gasteiger partial charge in [-0.3, -0.25) is 4.18 Å². The van der Waals surface area contributed by atoms with Crippen molar-refractivity contribution in [2.45, 2.75) is 80.9 Å². The molecule has 2 aliphatic heterocycles. The minimum absolute atomic E-state index is 0.0453. The van der Waals surface area contributed by atoms with E-state index in [2.05, 4.69) is 0 Å². The Balaban J connectivity index is 1.32. The highest BCUT2D eigenvalue weighted by atomic mass is 32.2. The lowest BCUT2D eigenvalue weighted by molar-refractivity contribution is -0.278. The van der Waals surface area contributed by atoms with Gasteiger partial charge >= 0.3 is 0 Å². The second-order valence-corrected chi connectivity index (χ2v) is 10.6. The third kappa shape index (κ3) is 5.31. The molecule has 1 unspecified atom stereocenters. The second kappa shape index (κ2) is 9.85. The van der Waals surface area contributed by atoms with Crippen molar-refractivity contribution < 1.29 is 31.5 Å². The minimum atomic E-state index is -3.83. The van der Waals surface area contributed by atoms with Crippen LogP contribution in [0.1, 0.15) is 50.5 Å². The smallest absolute Gasteiger partial charge is 0.296 e. The third-order valence-corrected chi connectivity index (χ3v) is 8.07. The van der Waals surface area contributed by atoms with Crippen molar-refractivity contribution in [1.82, 2.24) is 0 Å². The monoisotopic (exact) mass is 454 g/mol. The van der Waals surface area contributed by atoms with Crippen molar-refractivity contribution in [3.63, 3.8) is 0 Å². The highest BCUT2D eigenvalue weighted by molar-refractivity contribution is 7.86. The summed E-state index contributed by atoms with van der Waals surface area (Å²) >= 11 is 0. The van der Waals surface area contributed by atoms with E-state index in [-0.39, 0.29) is 36.2 Å². The van der Waals surface area contributed by atoms with Crippen LogP contribution in [0.5, 0.6) is 0 Å². The van der Waals surface area contributed by atoms with Crippen LogP contribution in [0.3, 0.4) is 0 Å². The molecule has 2 heterocycles. The summed E-state index contributed by atoms with van der Waals surface area (Å²) in [6.07, 6.45) is 6.74. The minimum Gasteiger partial charge on any atom is -0.376 e. The van der Waals surface area contributed by atoms with Crippen LogP contribution >= 0.6 is 0 Å². The Hall–Kier alpha value is -1.03. The molecule has 3 aliphatic rings. The number of fused-ring (bicyclic) bond motifs is 2. The number of benzene rings is 1. The molecule has 1 saturated carbocycles. The van der Waals surface area contributed by atoms with E-state index in [9.17, 15) is 8.42 Å². The molecule has 4 rings (SSSR count). The van der Waals surface area contributed by atoms with E-state index in [0.29, 0.717) is 18.9 Å². The largest absolute Gasteiger partial charge is 0.376 e. The Kier molecular flexibility index (Phi) is 7.35. The van der Waals surface area contributed by atoms with Gasteiger partial charge in [0.25, 0.3) is 10.1 Å². The molecule has 0 aromatic heterocycles. The van der Waals surface area contributed by atoms with Gasteiger partial charge in [-0.25, -0.2) is 0 Å². The number of aryl methyl sites for hydroxylation is 1. The third-order valence-electron chi connectivity index (χ3n) is 6.75. The summed E-state index contributed by atoms with van der Waals surface area (Å²) in [6, 6.07) is 6.60. The highest BCUT2D eigenvalue weighted by Crippen LogP contribution is 2.42. The molecule has 1 aliphatic carbocycles. The molecule has 3 fully saturated rings. The SMILES string of the molecule is CO[C@@H]1C[C@H](OCC2CCCCC2)[C@H]2COC1(CCOS(=O)(=O)c1ccc(C)cc1)O2. The van der Waals surface area contributed by atoms with Gasteiger partial charge in [0, 0.05) is 26.6 Å². The first-order valence-corrected chi connectivity index (χ1v) is 12.7. The molecule has 31 heavy (non-hydrogen) atoms. The standard InChI is InChI=1S/C23H34O7S/c1-17-8-10-19(11-9-17)31(24,25)29-13-12-23-22(26-2)14-20(21(30-23)16-28-23)27-15-18-6-4-3-5-7-18/h8-11,18,20-22H,3-7,12-16H2,1-2H3/t20-,21+,22+,23?/m0/s1. The zero-order valence-corrected chi connectivity index (χ0v) is 19.3. The highest BCUT2D eigenvalue weighted by Gasteiger charge is 2.56. The lowest BCUT2D eigenvalue weighted by atomic mass is 9.90. The number of methoxy groups -OCH3 is 1. The summed E-state index contributed by atoms with van der Waals surface area (Å²) < 4.78 is 54.4. The van der Waals surface area contributed by atoms with Gasteiger partial charge in [-0.2, -0.15) is 8.42 Å². The van der Waals surface area contributed by atoms with Gasteiger partial charge in [-0.1, -0.05) is 37.0 Å². The summed E-state index contributed by atoms with van der Waals surface area (Å²) in [5.41, 5.74) is 0.988. The fraction of sp³-hybridized carbons (Fsp3) is 0.739. The van der Waals surface area contributed by atoms with Gasteiger partial charge in [-0.05, 0) is 37.8 Å². The average molecular weight is 455 g/mol. The number of rotatable bonds is 9. The van der Waals surface area contributed by atoms with E-state index in [1.165, 1.54) is 32.1 Å². The maximum atomic E-state index is 12.5. The maximum Gasteiger partial charge on any atom is 0.296 e. The van der Waals surface area contributed by atoms with Crippen LogP contribution in [0.15, 0.2) is 29.2 Å². The van der Waals surface area contributed by atoms with Crippen LogP contribution in [-0.4, -0.2) is 59.4 Å². The van der Waals surface area contributed by atoms with Crippen LogP contribution in [0.2, 0.25) is 0 Å². The molecular weight excluding hydrogens is 420 g/mol. The Morgan fingerprint density at radius 3 is 2.58 bits per heavy atom. The molecule has 4 atom stereocenters. The molecule has 0 N–H and O–H groups in total. The summed E-state index contributed by atoms with van der Waals surface area (Å²) in [5, 5.41) is 0. The van der Waals surface area contributed by atoms with Crippen molar-refractivity contribution in [3.05, 3.63) is 29.8 Å². The van der Waals surface area contributed by atoms with Gasteiger partial charge in [0.1, 0.15) is 12.2 Å². The van der Waals surface area contributed by atoms with Crippen molar-refractivity contribution in [3.8, 4) is 0 Å². The van der Waals surface area contributed by atoms with E-state index in [4.69, 9.17) is 23.1 Å². The Morgan fingerprint density at radius 1 is 1.13 bits per heavy atom. The normalized spacial score (nSPS) is 31.7. The van der Waals surface area contributed by atoms with Gasteiger partial charge in [0.2, 0.25) is 0 Å². The van der Waals surface area contributed by atoms with Crippen molar-refractivity contribution >= 4 is 10.1 Å². The van der Waals surface area contributed by atoms with Crippen LogP contribution < -0.4 is 0 Å². The zero-order valence-electron chi connectivity index (χ0n) is 18.5. The molecule has 0 amide bonds. The lowest BCUT2D eigenvalue weighted by Crippen LogP contribution is -2.53. The summed E-state index contributed by atoms with van der Waals surface area (Å²) in [6.45, 7) is 3.03. The van der Waals surface area contributed by atoms with Crippen LogP contribution in [0, 0.1) is 12.8 Å². The predicted molar refractivity (Wildman–Crippen MR) is 114 cm³/mol. The lowest BCUT2D eigenvalue weighted by Gasteiger charge is -2.41. The molecule has 1 aromatic rings. The van der Waals surface area contributed by atoms with Crippen molar-refractivity contribution in [2.75, 3.05) is 26.9 Å². The number of ether oxygens (including phenoxy) is 4. The van der Waals surface area contributed by atoms with E-state index in [1.54, 1.807) is 31.4 Å². The molecule has 0 spiro atoms. The average Bonchev–Trinajstić information content (AvgIpc) is 3.14. The van der Waals surface area contributed by atoms with E-state index < -0.39 is 15.9 Å². The van der Waals surface area contributed by atoms with Crippen LogP contribution in [-0.2, 0) is 33.2 Å². The molecule has 0 radical (unpaired) electrons. The van der Waals surface area contributed by atoms with Gasteiger partial charge < -0.3 is 18.9 Å². The second-order valence-electron chi connectivity index (χ2n) is 8.95. The molecule has 1 aromatic carbocycles. The fourth-order valence-electron chi connectivity index (χ4n) is 4.87. The van der Waals surface area contributed by atoms with Gasteiger partial charge in [0.15, 0.2) is 5.79 Å². The van der Waals surface area contributed by atoms with Crippen molar-refractivity contribution in [1.29, 1.82) is 0 Å². The van der Waals surface area contributed by atoms with Crippen molar-refractivity contribution in [2.24, 2.45) is 5.92 Å². The van der Waals surface area contributed by atoms with Crippen LogP contribution in [0.25, 0.3) is 0 Å². The number of hydrogen-bond donors (Lipinski definition) is 0. The van der Waals surface area contributed by atoms with E-state index in [1.807, 2.05) is 6.92 Å². The van der Waals surface area contributed by atoms with E-state index in [0.717, 1.165) is 12.2 Å². The zero-order chi connectivity index (χ0) is 21.9. The summed E-state index contributed by atoms with van der Waals surface area (Å²) in [4.78, 5) is 0.143. The first kappa shape index (κ1) is 23.1. The Labute approximate surface area is 185 Å². The quantitative estimate of drug-likeness (QED) is 0.528. The van der Waals surface area contributed by atoms with Gasteiger partial charge in [0.05, 0.1) is 24.2 Å². The fourth-order valence-corrected chi connectivity index (χ4v) is 5.77. The molecule has 8 heteroatoms. The molecule has 2 saturated heterocycles. The maximum absolute atomic E-state index is 12.5. The van der Waals surface area contributed by atoms with Crippen LogP contribution in [0.4, 0.5) is 0 Å². The number of hydrogen-bond acceptors (Lipinski definition) is 7. The first-order chi connectivity index (χ1) is 14.9. The summed E-state index contributed by atoms with van der Waals surface area (Å²) in [7, 11) is -2.21. The summed E-state index contributed by atoms with van der Waals surface area (Å²) in [5.74, 6) is -0.364. The van der Waals surface area contributed by atoms with Gasteiger partial charge in [-0.15, -0.1) is 0 Å².